The predicted octanol–water partition coefficient (Wildman–Crippen LogP) is 4.46. The van der Waals surface area contributed by atoms with E-state index >= 15 is 0 Å². The summed E-state index contributed by atoms with van der Waals surface area (Å²) in [5.41, 5.74) is 9.69. The third-order valence-electron chi connectivity index (χ3n) is 4.83. The average molecular weight is 271 g/mol. The first-order chi connectivity index (χ1) is 9.70. The van der Waals surface area contributed by atoms with Crippen LogP contribution in [0.1, 0.15) is 57.1 Å². The van der Waals surface area contributed by atoms with Gasteiger partial charge < -0.3 is 10.3 Å². The van der Waals surface area contributed by atoms with Gasteiger partial charge in [0.1, 0.15) is 0 Å². The van der Waals surface area contributed by atoms with Gasteiger partial charge >= 0.3 is 0 Å². The van der Waals surface area contributed by atoms with Crippen molar-refractivity contribution in [3.8, 4) is 0 Å². The number of anilines is 1. The Morgan fingerprint density at radius 2 is 2.00 bits per heavy atom. The molecule has 1 aromatic carbocycles. The number of hydrogen-bond acceptors (Lipinski definition) is 2. The Bertz CT molecular complexity index is 592. The van der Waals surface area contributed by atoms with Gasteiger partial charge in [-0.1, -0.05) is 31.9 Å². The van der Waals surface area contributed by atoms with Gasteiger partial charge in [-0.15, -0.1) is 0 Å². The molecule has 0 bridgehead atoms. The van der Waals surface area contributed by atoms with Crippen molar-refractivity contribution in [2.45, 2.75) is 58.4 Å². The zero-order valence-electron chi connectivity index (χ0n) is 12.6. The van der Waals surface area contributed by atoms with E-state index in [1.54, 1.807) is 0 Å². The maximum absolute atomic E-state index is 6.20. The summed E-state index contributed by atoms with van der Waals surface area (Å²) in [6, 6.07) is 6.91. The second-order valence-electron chi connectivity index (χ2n) is 6.25. The van der Waals surface area contributed by atoms with E-state index in [1.165, 1.54) is 49.6 Å². The van der Waals surface area contributed by atoms with Crippen LogP contribution in [0.4, 0.5) is 5.95 Å². The third kappa shape index (κ3) is 2.30. The van der Waals surface area contributed by atoms with E-state index in [0.717, 1.165) is 11.4 Å². The van der Waals surface area contributed by atoms with Gasteiger partial charge in [-0.25, -0.2) is 4.98 Å². The van der Waals surface area contributed by atoms with Crippen molar-refractivity contribution in [1.82, 2.24) is 9.55 Å². The first-order valence-corrected chi connectivity index (χ1v) is 7.93. The number of aryl methyl sites for hydroxylation is 1. The molecular formula is C17H25N3. The van der Waals surface area contributed by atoms with E-state index in [-0.39, 0.29) is 0 Å². The summed E-state index contributed by atoms with van der Waals surface area (Å²) in [4.78, 5) is 4.58. The molecule has 3 heteroatoms. The van der Waals surface area contributed by atoms with E-state index in [4.69, 9.17) is 5.73 Å². The van der Waals surface area contributed by atoms with Crippen molar-refractivity contribution in [1.29, 1.82) is 0 Å². The molecule has 1 aliphatic carbocycles. The van der Waals surface area contributed by atoms with Crippen LogP contribution in [0.2, 0.25) is 0 Å². The third-order valence-corrected chi connectivity index (χ3v) is 4.83. The van der Waals surface area contributed by atoms with Crippen molar-refractivity contribution in [3.05, 3.63) is 23.8 Å². The quantitative estimate of drug-likeness (QED) is 0.895. The Labute approximate surface area is 121 Å². The van der Waals surface area contributed by atoms with Crippen molar-refractivity contribution in [3.63, 3.8) is 0 Å². The molecule has 1 aromatic heterocycles. The second-order valence-corrected chi connectivity index (χ2v) is 6.25. The maximum Gasteiger partial charge on any atom is 0.201 e. The normalized spacial score (nSPS) is 23.3. The largest absolute Gasteiger partial charge is 0.369 e. The zero-order valence-corrected chi connectivity index (χ0v) is 12.6. The fourth-order valence-electron chi connectivity index (χ4n) is 3.76. The van der Waals surface area contributed by atoms with E-state index in [0.29, 0.717) is 12.0 Å². The molecular weight excluding hydrogens is 246 g/mol. The summed E-state index contributed by atoms with van der Waals surface area (Å²) in [7, 11) is 0. The van der Waals surface area contributed by atoms with E-state index in [9.17, 15) is 0 Å². The highest BCUT2D eigenvalue weighted by Gasteiger charge is 2.24. The maximum atomic E-state index is 6.20. The minimum absolute atomic E-state index is 0.537. The number of imidazole rings is 1. The van der Waals surface area contributed by atoms with E-state index in [2.05, 4.69) is 41.6 Å². The van der Waals surface area contributed by atoms with Crippen LogP contribution in [0, 0.1) is 12.8 Å². The van der Waals surface area contributed by atoms with Crippen LogP contribution in [0.3, 0.4) is 0 Å². The van der Waals surface area contributed by atoms with Crippen LogP contribution in [0.5, 0.6) is 0 Å². The summed E-state index contributed by atoms with van der Waals surface area (Å²) in [6.45, 7) is 4.40. The lowest BCUT2D eigenvalue weighted by Gasteiger charge is -2.30. The topological polar surface area (TPSA) is 43.8 Å². The zero-order chi connectivity index (χ0) is 14.1. The molecule has 0 atom stereocenters. The van der Waals surface area contributed by atoms with E-state index in [1.807, 2.05) is 0 Å². The molecule has 0 unspecified atom stereocenters. The summed E-state index contributed by atoms with van der Waals surface area (Å²) in [5.74, 6) is 1.61. The highest BCUT2D eigenvalue weighted by Crippen LogP contribution is 2.37. The number of para-hydroxylation sites is 1. The minimum atomic E-state index is 0.537. The van der Waals surface area contributed by atoms with Crippen LogP contribution in [0.25, 0.3) is 11.0 Å². The summed E-state index contributed by atoms with van der Waals surface area (Å²) in [5, 5.41) is 0. The van der Waals surface area contributed by atoms with Gasteiger partial charge in [0.25, 0.3) is 0 Å². The molecule has 20 heavy (non-hydrogen) atoms. The van der Waals surface area contributed by atoms with Crippen LogP contribution in [0.15, 0.2) is 18.2 Å². The lowest BCUT2D eigenvalue weighted by Crippen LogP contribution is -2.19. The molecule has 0 aliphatic heterocycles. The Morgan fingerprint density at radius 3 is 2.70 bits per heavy atom. The molecule has 1 heterocycles. The number of nitrogen functional groups attached to an aromatic ring is 1. The molecule has 3 rings (SSSR count). The van der Waals surface area contributed by atoms with Gasteiger partial charge in [0.2, 0.25) is 5.95 Å². The Kier molecular flexibility index (Phi) is 3.68. The fourth-order valence-corrected chi connectivity index (χ4v) is 3.76. The number of nitrogens with two attached hydrogens (primary N) is 1. The van der Waals surface area contributed by atoms with Crippen molar-refractivity contribution in [2.24, 2.45) is 5.92 Å². The lowest BCUT2D eigenvalue weighted by molar-refractivity contribution is 0.267. The first-order valence-electron chi connectivity index (χ1n) is 7.93. The standard InChI is InChI=1S/C17H25N3/c1-3-5-13-8-10-14(11-9-13)20-15-7-4-6-12(2)16(15)19-17(20)18/h4,6-7,13-14H,3,5,8-11H2,1-2H3,(H2,18,19). The van der Waals surface area contributed by atoms with Gasteiger partial charge in [0, 0.05) is 6.04 Å². The Hall–Kier alpha value is -1.51. The van der Waals surface area contributed by atoms with Crippen LogP contribution >= 0.6 is 0 Å². The van der Waals surface area contributed by atoms with E-state index < -0.39 is 0 Å². The molecule has 0 saturated heterocycles. The van der Waals surface area contributed by atoms with Gasteiger partial charge in [-0.05, 0) is 50.2 Å². The van der Waals surface area contributed by atoms with Crippen LogP contribution < -0.4 is 5.73 Å². The van der Waals surface area contributed by atoms with Gasteiger partial charge in [0.05, 0.1) is 11.0 Å². The van der Waals surface area contributed by atoms with Crippen LogP contribution in [-0.2, 0) is 0 Å². The van der Waals surface area contributed by atoms with Crippen molar-refractivity contribution < 1.29 is 0 Å². The molecule has 2 aromatic rings. The monoisotopic (exact) mass is 271 g/mol. The highest BCUT2D eigenvalue weighted by molar-refractivity contribution is 5.81. The minimum Gasteiger partial charge on any atom is -0.369 e. The van der Waals surface area contributed by atoms with Gasteiger partial charge in [-0.2, -0.15) is 0 Å². The summed E-state index contributed by atoms with van der Waals surface area (Å²) < 4.78 is 2.28. The SMILES string of the molecule is CCCC1CCC(n2c(N)nc3c(C)cccc32)CC1. The molecule has 1 fully saturated rings. The fraction of sp³-hybridized carbons (Fsp3) is 0.588. The molecule has 1 saturated carbocycles. The first kappa shape index (κ1) is 13.5. The average Bonchev–Trinajstić information content (AvgIpc) is 2.78. The van der Waals surface area contributed by atoms with Gasteiger partial charge in [0.15, 0.2) is 0 Å². The van der Waals surface area contributed by atoms with Crippen molar-refractivity contribution >= 4 is 17.0 Å². The molecule has 3 nitrogen and oxygen atoms in total. The number of rotatable bonds is 3. The number of hydrogen-bond donors (Lipinski definition) is 1. The molecule has 0 amide bonds. The predicted molar refractivity (Wildman–Crippen MR) is 84.8 cm³/mol. The number of nitrogens with zero attached hydrogens (tertiary/aromatic N) is 2. The Balaban J connectivity index is 1.88. The highest BCUT2D eigenvalue weighted by atomic mass is 15.2. The number of aromatic nitrogens is 2. The molecule has 108 valence electrons. The molecule has 2 N–H and O–H groups in total. The van der Waals surface area contributed by atoms with Gasteiger partial charge in [-0.3, -0.25) is 0 Å². The van der Waals surface area contributed by atoms with Crippen LogP contribution in [-0.4, -0.2) is 9.55 Å². The lowest BCUT2D eigenvalue weighted by atomic mass is 9.83. The number of benzene rings is 1. The van der Waals surface area contributed by atoms with Crippen molar-refractivity contribution in [2.75, 3.05) is 5.73 Å². The molecule has 0 spiro atoms. The molecule has 1 aliphatic rings. The Morgan fingerprint density at radius 1 is 1.25 bits per heavy atom. The second kappa shape index (κ2) is 5.47. The smallest absolute Gasteiger partial charge is 0.201 e. The molecule has 0 radical (unpaired) electrons. The summed E-state index contributed by atoms with van der Waals surface area (Å²) >= 11 is 0. The summed E-state index contributed by atoms with van der Waals surface area (Å²) in [6.07, 6.45) is 7.85. The number of fused-ring (bicyclic) bond motifs is 1.